The molecule has 1 fully saturated rings. The molecular weight excluding hydrogens is 194 g/mol. The molecule has 1 saturated heterocycles. The summed E-state index contributed by atoms with van der Waals surface area (Å²) in [6.45, 7) is 6.80. The fourth-order valence-corrected chi connectivity index (χ4v) is 1.36. The molecule has 0 spiro atoms. The van der Waals surface area contributed by atoms with Crippen LogP contribution >= 0.6 is 0 Å². The monoisotopic (exact) mass is 213 g/mol. The first kappa shape index (κ1) is 12.2. The summed E-state index contributed by atoms with van der Waals surface area (Å²) in [5.74, 6) is -0.0818. The highest BCUT2D eigenvalue weighted by Gasteiger charge is 2.28. The SMILES string of the molecule is CC(C)(C)C(=O)ON1CCC(C=O)CC1. The lowest BCUT2D eigenvalue weighted by Crippen LogP contribution is -2.39. The van der Waals surface area contributed by atoms with E-state index in [4.69, 9.17) is 4.84 Å². The molecule has 1 aliphatic rings. The molecule has 0 saturated carbocycles. The molecule has 0 aromatic carbocycles. The Morgan fingerprint density at radius 1 is 1.33 bits per heavy atom. The van der Waals surface area contributed by atoms with Gasteiger partial charge in [0.25, 0.3) is 0 Å². The Morgan fingerprint density at radius 3 is 2.27 bits per heavy atom. The van der Waals surface area contributed by atoms with Crippen LogP contribution in [0.3, 0.4) is 0 Å². The summed E-state index contributed by atoms with van der Waals surface area (Å²) >= 11 is 0. The molecule has 1 rings (SSSR count). The lowest BCUT2D eigenvalue weighted by Gasteiger charge is -2.30. The van der Waals surface area contributed by atoms with Crippen LogP contribution in [-0.2, 0) is 14.4 Å². The van der Waals surface area contributed by atoms with E-state index < -0.39 is 5.41 Å². The van der Waals surface area contributed by atoms with Gasteiger partial charge in [-0.15, -0.1) is 5.06 Å². The number of piperidine rings is 1. The van der Waals surface area contributed by atoms with Gasteiger partial charge in [0, 0.05) is 19.0 Å². The highest BCUT2D eigenvalue weighted by Crippen LogP contribution is 2.19. The van der Waals surface area contributed by atoms with E-state index in [1.807, 2.05) is 20.8 Å². The van der Waals surface area contributed by atoms with Gasteiger partial charge in [-0.2, -0.15) is 0 Å². The highest BCUT2D eigenvalue weighted by atomic mass is 16.7. The molecule has 0 radical (unpaired) electrons. The zero-order valence-corrected chi connectivity index (χ0v) is 9.66. The normalized spacial score (nSPS) is 19.9. The maximum atomic E-state index is 11.6. The average molecular weight is 213 g/mol. The fraction of sp³-hybridized carbons (Fsp3) is 0.818. The van der Waals surface area contributed by atoms with E-state index in [-0.39, 0.29) is 11.9 Å². The van der Waals surface area contributed by atoms with Crippen molar-refractivity contribution in [1.82, 2.24) is 5.06 Å². The molecule has 4 heteroatoms. The van der Waals surface area contributed by atoms with Crippen LogP contribution in [0.2, 0.25) is 0 Å². The highest BCUT2D eigenvalue weighted by molar-refractivity contribution is 5.75. The molecule has 0 aromatic rings. The Hall–Kier alpha value is -0.900. The van der Waals surface area contributed by atoms with Gasteiger partial charge in [0.15, 0.2) is 0 Å². The van der Waals surface area contributed by atoms with Gasteiger partial charge in [0.2, 0.25) is 0 Å². The van der Waals surface area contributed by atoms with Crippen molar-refractivity contribution in [3.8, 4) is 0 Å². The van der Waals surface area contributed by atoms with Crippen molar-refractivity contribution in [2.75, 3.05) is 13.1 Å². The lowest BCUT2D eigenvalue weighted by molar-refractivity contribution is -0.205. The van der Waals surface area contributed by atoms with E-state index in [2.05, 4.69) is 0 Å². The first-order valence-electron chi connectivity index (χ1n) is 5.36. The van der Waals surface area contributed by atoms with Gasteiger partial charge < -0.3 is 9.63 Å². The molecule has 0 atom stereocenters. The number of nitrogens with zero attached hydrogens (tertiary/aromatic N) is 1. The van der Waals surface area contributed by atoms with Crippen molar-refractivity contribution < 1.29 is 14.4 Å². The molecule has 0 N–H and O–H groups in total. The number of hydroxylamine groups is 2. The Morgan fingerprint density at radius 2 is 1.87 bits per heavy atom. The van der Waals surface area contributed by atoms with Gasteiger partial charge in [0.1, 0.15) is 6.29 Å². The van der Waals surface area contributed by atoms with E-state index in [1.165, 1.54) is 0 Å². The molecule has 15 heavy (non-hydrogen) atoms. The summed E-state index contributed by atoms with van der Waals surface area (Å²) in [6, 6.07) is 0. The first-order chi connectivity index (χ1) is 6.93. The predicted octanol–water partition coefficient (Wildman–Crippen LogP) is 1.40. The smallest absolute Gasteiger partial charge is 0.330 e. The summed E-state index contributed by atoms with van der Waals surface area (Å²) in [6.07, 6.45) is 2.55. The number of hydrogen-bond donors (Lipinski definition) is 0. The van der Waals surface area contributed by atoms with Gasteiger partial charge >= 0.3 is 5.97 Å². The molecule has 4 nitrogen and oxygen atoms in total. The molecule has 1 heterocycles. The third-order valence-corrected chi connectivity index (χ3v) is 2.52. The molecule has 0 amide bonds. The van der Waals surface area contributed by atoms with Crippen molar-refractivity contribution in [2.45, 2.75) is 33.6 Å². The van der Waals surface area contributed by atoms with Crippen LogP contribution in [0.25, 0.3) is 0 Å². The molecular formula is C11H19NO3. The predicted molar refractivity (Wildman–Crippen MR) is 55.9 cm³/mol. The first-order valence-corrected chi connectivity index (χ1v) is 5.36. The van der Waals surface area contributed by atoms with Gasteiger partial charge in [-0.3, -0.25) is 0 Å². The zero-order chi connectivity index (χ0) is 11.5. The third kappa shape index (κ3) is 3.63. The van der Waals surface area contributed by atoms with Crippen LogP contribution in [0.5, 0.6) is 0 Å². The molecule has 86 valence electrons. The molecule has 1 aliphatic heterocycles. The van der Waals surface area contributed by atoms with Gasteiger partial charge in [-0.25, -0.2) is 4.79 Å². The van der Waals surface area contributed by atoms with Crippen molar-refractivity contribution in [3.05, 3.63) is 0 Å². The van der Waals surface area contributed by atoms with Gasteiger partial charge in [0.05, 0.1) is 5.41 Å². The molecule has 0 aliphatic carbocycles. The Kier molecular flexibility index (Phi) is 3.85. The number of carbonyl (C=O) groups is 2. The summed E-state index contributed by atoms with van der Waals surface area (Å²) in [5, 5.41) is 1.66. The van der Waals surface area contributed by atoms with E-state index in [0.29, 0.717) is 13.1 Å². The van der Waals surface area contributed by atoms with Crippen molar-refractivity contribution in [1.29, 1.82) is 0 Å². The second kappa shape index (κ2) is 4.75. The zero-order valence-electron chi connectivity index (χ0n) is 9.66. The number of carbonyl (C=O) groups excluding carboxylic acids is 2. The van der Waals surface area contributed by atoms with Crippen LogP contribution < -0.4 is 0 Å². The topological polar surface area (TPSA) is 46.6 Å². The van der Waals surface area contributed by atoms with Gasteiger partial charge in [-0.05, 0) is 33.6 Å². The minimum absolute atomic E-state index is 0.134. The lowest BCUT2D eigenvalue weighted by atomic mass is 9.97. The number of rotatable bonds is 2. The maximum Gasteiger partial charge on any atom is 0.330 e. The van der Waals surface area contributed by atoms with E-state index in [1.54, 1.807) is 5.06 Å². The Balaban J connectivity index is 2.36. The van der Waals surface area contributed by atoms with Crippen molar-refractivity contribution in [3.63, 3.8) is 0 Å². The van der Waals surface area contributed by atoms with Crippen LogP contribution in [0.15, 0.2) is 0 Å². The van der Waals surface area contributed by atoms with E-state index >= 15 is 0 Å². The summed E-state index contributed by atoms with van der Waals surface area (Å²) < 4.78 is 0. The summed E-state index contributed by atoms with van der Waals surface area (Å²) in [4.78, 5) is 27.3. The minimum Gasteiger partial charge on any atom is -0.367 e. The van der Waals surface area contributed by atoms with Crippen LogP contribution in [0.4, 0.5) is 0 Å². The summed E-state index contributed by atoms with van der Waals surface area (Å²) in [7, 11) is 0. The maximum absolute atomic E-state index is 11.6. The van der Waals surface area contributed by atoms with E-state index in [9.17, 15) is 9.59 Å². The largest absolute Gasteiger partial charge is 0.367 e. The van der Waals surface area contributed by atoms with Crippen LogP contribution in [0, 0.1) is 11.3 Å². The second-order valence-electron chi connectivity index (χ2n) is 5.03. The third-order valence-electron chi connectivity index (χ3n) is 2.52. The van der Waals surface area contributed by atoms with Crippen LogP contribution in [-0.4, -0.2) is 30.4 Å². The number of aldehydes is 1. The molecule has 0 aromatic heterocycles. The van der Waals surface area contributed by atoms with Gasteiger partial charge in [-0.1, -0.05) is 0 Å². The summed E-state index contributed by atoms with van der Waals surface area (Å²) in [5.41, 5.74) is -0.471. The Labute approximate surface area is 90.5 Å². The minimum atomic E-state index is -0.471. The molecule has 0 bridgehead atoms. The van der Waals surface area contributed by atoms with Crippen molar-refractivity contribution >= 4 is 12.3 Å². The fourth-order valence-electron chi connectivity index (χ4n) is 1.36. The average Bonchev–Trinajstić information content (AvgIpc) is 2.17. The Bertz CT molecular complexity index is 237. The second-order valence-corrected chi connectivity index (χ2v) is 5.03. The number of hydrogen-bond acceptors (Lipinski definition) is 4. The standard InChI is InChI=1S/C11H19NO3/c1-11(2,3)10(14)15-12-6-4-9(8-13)5-7-12/h8-9H,4-7H2,1-3H3. The van der Waals surface area contributed by atoms with Crippen molar-refractivity contribution in [2.24, 2.45) is 11.3 Å². The molecule has 0 unspecified atom stereocenters. The van der Waals surface area contributed by atoms with E-state index in [0.717, 1.165) is 19.1 Å². The van der Waals surface area contributed by atoms with Crippen LogP contribution in [0.1, 0.15) is 33.6 Å². The quantitative estimate of drug-likeness (QED) is 0.650.